The Morgan fingerprint density at radius 3 is 2.47 bits per heavy atom. The number of ether oxygens (including phenoxy) is 1. The predicted octanol–water partition coefficient (Wildman–Crippen LogP) is 2.11. The average Bonchev–Trinajstić information content (AvgIpc) is 2.62. The Morgan fingerprint density at radius 2 is 1.93 bits per heavy atom. The molecule has 88 valence electrons. The van der Waals surface area contributed by atoms with Gasteiger partial charge in [0.2, 0.25) is 5.91 Å². The molecule has 0 aromatic rings. The van der Waals surface area contributed by atoms with Gasteiger partial charge in [-0.15, -0.1) is 0 Å². The summed E-state index contributed by atoms with van der Waals surface area (Å²) in [5.74, 6) is 0.709. The molecule has 3 heteroatoms. The van der Waals surface area contributed by atoms with Crippen molar-refractivity contribution >= 4 is 5.91 Å². The van der Waals surface area contributed by atoms with Gasteiger partial charge < -0.3 is 10.1 Å². The molecule has 0 heterocycles. The normalized spacial score (nSPS) is 18.1. The summed E-state index contributed by atoms with van der Waals surface area (Å²) in [5, 5.41) is 2.93. The van der Waals surface area contributed by atoms with Gasteiger partial charge in [0.05, 0.1) is 5.60 Å². The van der Waals surface area contributed by atoms with Gasteiger partial charge in [-0.2, -0.15) is 0 Å². The zero-order valence-electron chi connectivity index (χ0n) is 10.1. The van der Waals surface area contributed by atoms with Crippen LogP contribution in [0.15, 0.2) is 0 Å². The summed E-state index contributed by atoms with van der Waals surface area (Å²) < 4.78 is 5.39. The monoisotopic (exact) mass is 213 g/mol. The number of nitrogens with one attached hydrogen (secondary N) is 1. The fourth-order valence-electron chi connectivity index (χ4n) is 1.81. The molecule has 1 rings (SSSR count). The molecular formula is C12H23NO2. The number of rotatable bonds is 4. The van der Waals surface area contributed by atoms with Crippen molar-refractivity contribution in [2.75, 3.05) is 13.2 Å². The molecule has 0 aliphatic heterocycles. The SMILES string of the molecule is CC(C)(C)OCC(=O)NCC1CCCC1. The molecule has 0 radical (unpaired) electrons. The number of amides is 1. The summed E-state index contributed by atoms with van der Waals surface area (Å²) in [4.78, 5) is 11.4. The maximum atomic E-state index is 11.4. The largest absolute Gasteiger partial charge is 0.366 e. The van der Waals surface area contributed by atoms with Gasteiger partial charge in [-0.05, 0) is 39.5 Å². The van der Waals surface area contributed by atoms with E-state index in [1.165, 1.54) is 25.7 Å². The maximum Gasteiger partial charge on any atom is 0.246 e. The van der Waals surface area contributed by atoms with Crippen molar-refractivity contribution in [3.05, 3.63) is 0 Å². The zero-order chi connectivity index (χ0) is 11.3. The molecule has 1 aliphatic rings. The summed E-state index contributed by atoms with van der Waals surface area (Å²) in [7, 11) is 0. The Labute approximate surface area is 92.6 Å². The number of carbonyl (C=O) groups excluding carboxylic acids is 1. The van der Waals surface area contributed by atoms with Crippen LogP contribution in [0.25, 0.3) is 0 Å². The fourth-order valence-corrected chi connectivity index (χ4v) is 1.81. The summed E-state index contributed by atoms with van der Waals surface area (Å²) >= 11 is 0. The molecule has 15 heavy (non-hydrogen) atoms. The Hall–Kier alpha value is -0.570. The summed E-state index contributed by atoms with van der Waals surface area (Å²) in [6.45, 7) is 6.87. The Kier molecular flexibility index (Phi) is 4.58. The van der Waals surface area contributed by atoms with Gasteiger partial charge in [0.25, 0.3) is 0 Å². The summed E-state index contributed by atoms with van der Waals surface area (Å²) in [5.41, 5.74) is -0.231. The third-order valence-electron chi connectivity index (χ3n) is 2.70. The van der Waals surface area contributed by atoms with E-state index in [-0.39, 0.29) is 18.1 Å². The minimum absolute atomic E-state index is 0.0109. The first-order valence-corrected chi connectivity index (χ1v) is 5.88. The number of hydrogen-bond acceptors (Lipinski definition) is 2. The molecular weight excluding hydrogens is 190 g/mol. The van der Waals surface area contributed by atoms with Gasteiger partial charge in [0.15, 0.2) is 0 Å². The Morgan fingerprint density at radius 1 is 1.33 bits per heavy atom. The molecule has 1 fully saturated rings. The second-order valence-corrected chi connectivity index (χ2v) is 5.36. The van der Waals surface area contributed by atoms with Crippen molar-refractivity contribution in [3.8, 4) is 0 Å². The highest BCUT2D eigenvalue weighted by Crippen LogP contribution is 2.23. The molecule has 1 amide bonds. The van der Waals surface area contributed by atoms with Crippen LogP contribution in [0.5, 0.6) is 0 Å². The van der Waals surface area contributed by atoms with Crippen LogP contribution in [0.3, 0.4) is 0 Å². The van der Waals surface area contributed by atoms with E-state index < -0.39 is 0 Å². The maximum absolute atomic E-state index is 11.4. The van der Waals surface area contributed by atoms with E-state index in [9.17, 15) is 4.79 Å². The molecule has 0 aromatic heterocycles. The van der Waals surface area contributed by atoms with Gasteiger partial charge in [-0.25, -0.2) is 0 Å². The third kappa shape index (κ3) is 5.78. The van der Waals surface area contributed by atoms with Crippen LogP contribution >= 0.6 is 0 Å². The molecule has 1 N–H and O–H groups in total. The van der Waals surface area contributed by atoms with Crippen molar-refractivity contribution in [2.24, 2.45) is 5.92 Å². The lowest BCUT2D eigenvalue weighted by Gasteiger charge is -2.19. The third-order valence-corrected chi connectivity index (χ3v) is 2.70. The molecule has 3 nitrogen and oxygen atoms in total. The van der Waals surface area contributed by atoms with E-state index in [0.717, 1.165) is 6.54 Å². The van der Waals surface area contributed by atoms with Crippen molar-refractivity contribution in [1.82, 2.24) is 5.32 Å². The smallest absolute Gasteiger partial charge is 0.246 e. The highest BCUT2D eigenvalue weighted by Gasteiger charge is 2.17. The zero-order valence-corrected chi connectivity index (χ0v) is 10.1. The second-order valence-electron chi connectivity index (χ2n) is 5.36. The molecule has 1 saturated carbocycles. The highest BCUT2D eigenvalue weighted by atomic mass is 16.5. The first kappa shape index (κ1) is 12.5. The molecule has 0 unspecified atom stereocenters. The number of carbonyl (C=O) groups is 1. The van der Waals surface area contributed by atoms with Gasteiger partial charge >= 0.3 is 0 Å². The Bertz CT molecular complexity index is 202. The van der Waals surface area contributed by atoms with Crippen LogP contribution in [-0.2, 0) is 9.53 Å². The van der Waals surface area contributed by atoms with Gasteiger partial charge in [-0.1, -0.05) is 12.8 Å². The van der Waals surface area contributed by atoms with Crippen LogP contribution in [-0.4, -0.2) is 24.7 Å². The quantitative estimate of drug-likeness (QED) is 0.776. The average molecular weight is 213 g/mol. The fraction of sp³-hybridized carbons (Fsp3) is 0.917. The van der Waals surface area contributed by atoms with E-state index >= 15 is 0 Å². The van der Waals surface area contributed by atoms with E-state index in [0.29, 0.717) is 5.92 Å². The van der Waals surface area contributed by atoms with Crippen molar-refractivity contribution in [2.45, 2.75) is 52.1 Å². The van der Waals surface area contributed by atoms with Crippen molar-refractivity contribution in [3.63, 3.8) is 0 Å². The van der Waals surface area contributed by atoms with Crippen LogP contribution < -0.4 is 5.32 Å². The van der Waals surface area contributed by atoms with Crippen LogP contribution in [0.2, 0.25) is 0 Å². The minimum atomic E-state index is -0.231. The first-order valence-electron chi connectivity index (χ1n) is 5.88. The van der Waals surface area contributed by atoms with Crippen LogP contribution in [0.4, 0.5) is 0 Å². The molecule has 0 bridgehead atoms. The lowest BCUT2D eigenvalue weighted by Crippen LogP contribution is -2.34. The molecule has 0 saturated heterocycles. The number of hydrogen-bond donors (Lipinski definition) is 1. The predicted molar refractivity (Wildman–Crippen MR) is 60.7 cm³/mol. The molecule has 0 aromatic carbocycles. The van der Waals surface area contributed by atoms with E-state index in [1.54, 1.807) is 0 Å². The topological polar surface area (TPSA) is 38.3 Å². The van der Waals surface area contributed by atoms with Crippen LogP contribution in [0.1, 0.15) is 46.5 Å². The lowest BCUT2D eigenvalue weighted by molar-refractivity contribution is -0.130. The standard InChI is InChI=1S/C12H23NO2/c1-12(2,3)15-9-11(14)13-8-10-6-4-5-7-10/h10H,4-9H2,1-3H3,(H,13,14). The summed E-state index contributed by atoms with van der Waals surface area (Å²) in [6.07, 6.45) is 5.17. The second kappa shape index (κ2) is 5.50. The van der Waals surface area contributed by atoms with Gasteiger partial charge in [-0.3, -0.25) is 4.79 Å². The first-order chi connectivity index (χ1) is 6.97. The molecule has 1 aliphatic carbocycles. The van der Waals surface area contributed by atoms with Gasteiger partial charge in [0.1, 0.15) is 6.61 Å². The summed E-state index contributed by atoms with van der Waals surface area (Å²) in [6, 6.07) is 0. The minimum Gasteiger partial charge on any atom is -0.366 e. The van der Waals surface area contributed by atoms with Crippen molar-refractivity contribution < 1.29 is 9.53 Å². The highest BCUT2D eigenvalue weighted by molar-refractivity contribution is 5.77. The molecule has 0 spiro atoms. The van der Waals surface area contributed by atoms with Gasteiger partial charge in [0, 0.05) is 6.54 Å². The van der Waals surface area contributed by atoms with E-state index in [4.69, 9.17) is 4.74 Å². The molecule has 0 atom stereocenters. The van der Waals surface area contributed by atoms with E-state index in [1.807, 2.05) is 20.8 Å². The Balaban J connectivity index is 2.08. The lowest BCUT2D eigenvalue weighted by atomic mass is 10.1. The van der Waals surface area contributed by atoms with E-state index in [2.05, 4.69) is 5.32 Å². The van der Waals surface area contributed by atoms with Crippen LogP contribution in [0, 0.1) is 5.92 Å². The van der Waals surface area contributed by atoms with Crippen molar-refractivity contribution in [1.29, 1.82) is 0 Å².